The van der Waals surface area contributed by atoms with E-state index in [-0.39, 0.29) is 16.9 Å². The summed E-state index contributed by atoms with van der Waals surface area (Å²) in [7, 11) is 2.92. The molecular weight excluding hydrogens is 389 g/mol. The second-order valence-electron chi connectivity index (χ2n) is 6.96. The van der Waals surface area contributed by atoms with Gasteiger partial charge in [0.15, 0.2) is 0 Å². The number of unbranched alkanes of at least 4 members (excludes halogenated alkanes) is 1. The Morgan fingerprint density at radius 3 is 2.40 bits per heavy atom. The van der Waals surface area contributed by atoms with Crippen molar-refractivity contribution in [1.29, 1.82) is 0 Å². The first-order valence-electron chi connectivity index (χ1n) is 9.69. The lowest BCUT2D eigenvalue weighted by Gasteiger charge is -2.25. The first-order chi connectivity index (χ1) is 14.4. The van der Waals surface area contributed by atoms with Crippen LogP contribution in [0.2, 0.25) is 0 Å². The fraction of sp³-hybridized carbons (Fsp3) is 0.304. The summed E-state index contributed by atoms with van der Waals surface area (Å²) in [4.78, 5) is 27.2. The number of aliphatic hydroxyl groups is 1. The highest BCUT2D eigenvalue weighted by molar-refractivity contribution is 6.46. The van der Waals surface area contributed by atoms with Crippen molar-refractivity contribution in [1.82, 2.24) is 4.90 Å². The highest BCUT2D eigenvalue weighted by atomic mass is 19.1. The van der Waals surface area contributed by atoms with E-state index in [0.29, 0.717) is 24.3 Å². The molecule has 1 atom stereocenters. The molecule has 30 heavy (non-hydrogen) atoms. The van der Waals surface area contributed by atoms with Gasteiger partial charge in [0.05, 0.1) is 31.4 Å². The molecule has 2 aromatic rings. The number of likely N-dealkylation sites (tertiary alicyclic amines) is 1. The van der Waals surface area contributed by atoms with Crippen molar-refractivity contribution in [3.05, 3.63) is 65.0 Å². The van der Waals surface area contributed by atoms with Gasteiger partial charge in [-0.1, -0.05) is 25.5 Å². The topological polar surface area (TPSA) is 76.1 Å². The number of ether oxygens (including phenoxy) is 2. The van der Waals surface area contributed by atoms with E-state index in [1.807, 2.05) is 6.92 Å². The van der Waals surface area contributed by atoms with Gasteiger partial charge in [0.2, 0.25) is 0 Å². The smallest absolute Gasteiger partial charge is 0.295 e. The van der Waals surface area contributed by atoms with Gasteiger partial charge in [-0.05, 0) is 42.3 Å². The van der Waals surface area contributed by atoms with Gasteiger partial charge in [0.25, 0.3) is 11.7 Å². The standard InChI is InChI=1S/C23H24FNO5/c1-4-5-12-25-20(14-6-9-16(29-2)10-7-14)19(22(27)23(25)28)21(26)17-13-15(24)8-11-18(17)30-3/h6-11,13,20,26H,4-5,12H2,1-3H3/b21-19+. The van der Waals surface area contributed by atoms with Crippen LogP contribution in [0.4, 0.5) is 4.39 Å². The Balaban J connectivity index is 2.20. The van der Waals surface area contributed by atoms with E-state index in [2.05, 4.69) is 0 Å². The van der Waals surface area contributed by atoms with Gasteiger partial charge < -0.3 is 19.5 Å². The monoisotopic (exact) mass is 413 g/mol. The number of amides is 1. The molecule has 0 bridgehead atoms. The SMILES string of the molecule is CCCCN1C(=O)C(=O)/C(=C(/O)c2cc(F)ccc2OC)C1c1ccc(OC)cc1. The molecule has 0 radical (unpaired) electrons. The minimum atomic E-state index is -0.810. The number of Topliss-reactive ketones (excluding diaryl/α,β-unsaturated/α-hetero) is 1. The number of hydrogen-bond donors (Lipinski definition) is 1. The molecule has 1 fully saturated rings. The molecule has 0 saturated carbocycles. The van der Waals surface area contributed by atoms with Crippen LogP contribution < -0.4 is 9.47 Å². The molecular formula is C23H24FNO5. The van der Waals surface area contributed by atoms with Crippen LogP contribution in [0.5, 0.6) is 11.5 Å². The fourth-order valence-corrected chi connectivity index (χ4v) is 3.58. The minimum Gasteiger partial charge on any atom is -0.507 e. The van der Waals surface area contributed by atoms with E-state index in [0.717, 1.165) is 12.5 Å². The third-order valence-corrected chi connectivity index (χ3v) is 5.14. The maximum Gasteiger partial charge on any atom is 0.295 e. The maximum atomic E-state index is 13.9. The average Bonchev–Trinajstić information content (AvgIpc) is 3.01. The number of hydrogen-bond acceptors (Lipinski definition) is 5. The molecule has 6 nitrogen and oxygen atoms in total. The first kappa shape index (κ1) is 21.4. The Hall–Kier alpha value is -3.35. The molecule has 1 aliphatic heterocycles. The van der Waals surface area contributed by atoms with Crippen LogP contribution in [0.25, 0.3) is 5.76 Å². The van der Waals surface area contributed by atoms with Crippen LogP contribution in [0.1, 0.15) is 36.9 Å². The van der Waals surface area contributed by atoms with E-state index in [4.69, 9.17) is 9.47 Å². The largest absolute Gasteiger partial charge is 0.507 e. The van der Waals surface area contributed by atoms with Crippen LogP contribution in [-0.2, 0) is 9.59 Å². The van der Waals surface area contributed by atoms with Crippen molar-refractivity contribution in [2.75, 3.05) is 20.8 Å². The van der Waals surface area contributed by atoms with Gasteiger partial charge in [-0.25, -0.2) is 4.39 Å². The normalized spacial score (nSPS) is 18.0. The van der Waals surface area contributed by atoms with Gasteiger partial charge in [0.1, 0.15) is 23.1 Å². The summed E-state index contributed by atoms with van der Waals surface area (Å²) < 4.78 is 24.3. The number of benzene rings is 2. The zero-order chi connectivity index (χ0) is 21.8. The van der Waals surface area contributed by atoms with Crippen molar-refractivity contribution in [2.24, 2.45) is 0 Å². The lowest BCUT2D eigenvalue weighted by atomic mass is 9.95. The molecule has 0 aromatic heterocycles. The van der Waals surface area contributed by atoms with Crippen molar-refractivity contribution >= 4 is 17.4 Å². The summed E-state index contributed by atoms with van der Waals surface area (Å²) in [5, 5.41) is 11.0. The van der Waals surface area contributed by atoms with E-state index in [1.54, 1.807) is 31.4 Å². The molecule has 0 aliphatic carbocycles. The first-order valence-corrected chi connectivity index (χ1v) is 9.69. The van der Waals surface area contributed by atoms with E-state index in [9.17, 15) is 19.1 Å². The van der Waals surface area contributed by atoms with Gasteiger partial charge >= 0.3 is 0 Å². The van der Waals surface area contributed by atoms with Crippen LogP contribution in [0, 0.1) is 5.82 Å². The molecule has 3 rings (SSSR count). The Morgan fingerprint density at radius 1 is 1.10 bits per heavy atom. The maximum absolute atomic E-state index is 13.9. The van der Waals surface area contributed by atoms with Gasteiger partial charge in [-0.3, -0.25) is 9.59 Å². The van der Waals surface area contributed by atoms with Crippen molar-refractivity contribution in [2.45, 2.75) is 25.8 Å². The number of carbonyl (C=O) groups is 2. The minimum absolute atomic E-state index is 0.0181. The number of halogens is 1. The molecule has 1 saturated heterocycles. The number of methoxy groups -OCH3 is 2. The van der Waals surface area contributed by atoms with Crippen LogP contribution in [0.3, 0.4) is 0 Å². The molecule has 1 unspecified atom stereocenters. The summed E-state index contributed by atoms with van der Waals surface area (Å²) in [6.45, 7) is 2.34. The average molecular weight is 413 g/mol. The van der Waals surface area contributed by atoms with Crippen molar-refractivity contribution in [3.8, 4) is 11.5 Å². The van der Waals surface area contributed by atoms with Crippen LogP contribution in [0.15, 0.2) is 48.0 Å². The predicted molar refractivity (Wildman–Crippen MR) is 110 cm³/mol. The molecule has 2 aromatic carbocycles. The summed E-state index contributed by atoms with van der Waals surface area (Å²) in [6.07, 6.45) is 1.53. The number of aliphatic hydroxyl groups excluding tert-OH is 1. The molecule has 7 heteroatoms. The number of carbonyl (C=O) groups excluding carboxylic acids is 2. The number of nitrogens with zero attached hydrogens (tertiary/aromatic N) is 1. The molecule has 1 amide bonds. The molecule has 0 spiro atoms. The van der Waals surface area contributed by atoms with E-state index >= 15 is 0 Å². The van der Waals surface area contributed by atoms with Crippen LogP contribution >= 0.6 is 0 Å². The Morgan fingerprint density at radius 2 is 1.80 bits per heavy atom. The third kappa shape index (κ3) is 3.87. The molecule has 1 heterocycles. The third-order valence-electron chi connectivity index (χ3n) is 5.14. The lowest BCUT2D eigenvalue weighted by Crippen LogP contribution is -2.30. The van der Waals surface area contributed by atoms with Crippen LogP contribution in [-0.4, -0.2) is 42.5 Å². The van der Waals surface area contributed by atoms with Gasteiger partial charge in [-0.15, -0.1) is 0 Å². The summed E-state index contributed by atoms with van der Waals surface area (Å²) in [5.74, 6) is -1.75. The van der Waals surface area contributed by atoms with Crippen molar-refractivity contribution in [3.63, 3.8) is 0 Å². The second-order valence-corrected chi connectivity index (χ2v) is 6.96. The second kappa shape index (κ2) is 8.98. The number of ketones is 1. The fourth-order valence-electron chi connectivity index (χ4n) is 3.58. The Bertz CT molecular complexity index is 984. The molecule has 158 valence electrons. The zero-order valence-electron chi connectivity index (χ0n) is 17.1. The lowest BCUT2D eigenvalue weighted by molar-refractivity contribution is -0.139. The summed E-state index contributed by atoms with van der Waals surface area (Å²) in [6, 6.07) is 9.76. The quantitative estimate of drug-likeness (QED) is 0.421. The van der Waals surface area contributed by atoms with Gasteiger partial charge in [0, 0.05) is 6.54 Å². The van der Waals surface area contributed by atoms with Crippen molar-refractivity contribution < 1.29 is 28.6 Å². The zero-order valence-corrected chi connectivity index (χ0v) is 17.1. The molecule has 1 aliphatic rings. The summed E-state index contributed by atoms with van der Waals surface area (Å²) in [5.41, 5.74) is 0.567. The number of rotatable bonds is 7. The highest BCUT2D eigenvalue weighted by Gasteiger charge is 2.46. The van der Waals surface area contributed by atoms with E-state index < -0.39 is 29.3 Å². The predicted octanol–water partition coefficient (Wildman–Crippen LogP) is 4.06. The van der Waals surface area contributed by atoms with E-state index in [1.165, 1.54) is 24.1 Å². The highest BCUT2D eigenvalue weighted by Crippen LogP contribution is 2.41. The summed E-state index contributed by atoms with van der Waals surface area (Å²) >= 11 is 0. The molecule has 1 N–H and O–H groups in total. The Kier molecular flexibility index (Phi) is 6.40. The van der Waals surface area contributed by atoms with Gasteiger partial charge in [-0.2, -0.15) is 0 Å². The Labute approximate surface area is 174 Å².